The lowest BCUT2D eigenvalue weighted by atomic mass is 10.0. The third-order valence-corrected chi connectivity index (χ3v) is 4.89. The molecular weight excluding hydrogens is 352 g/mol. The van der Waals surface area contributed by atoms with E-state index in [0.717, 1.165) is 6.42 Å². The van der Waals surface area contributed by atoms with E-state index < -0.39 is 24.0 Å². The molecule has 0 radical (unpaired) electrons. The van der Waals surface area contributed by atoms with Gasteiger partial charge in [0.15, 0.2) is 12.1 Å². The van der Waals surface area contributed by atoms with Gasteiger partial charge >= 0.3 is 11.9 Å². The molecule has 0 aromatic rings. The molecule has 0 saturated carbocycles. The highest BCUT2D eigenvalue weighted by Crippen LogP contribution is 2.24. The van der Waals surface area contributed by atoms with Crippen molar-refractivity contribution in [1.29, 1.82) is 0 Å². The largest absolute Gasteiger partial charge is 0.477 e. The summed E-state index contributed by atoms with van der Waals surface area (Å²) in [7, 11) is 0. The molecule has 4 N–H and O–H groups in total. The first kappa shape index (κ1) is 25.1. The van der Waals surface area contributed by atoms with Crippen molar-refractivity contribution < 1.29 is 34.2 Å². The van der Waals surface area contributed by atoms with Gasteiger partial charge in [-0.1, -0.05) is 32.9 Å². The quantitative estimate of drug-likeness (QED) is 0.249. The number of quaternary nitrogens is 1. The second-order valence-electron chi connectivity index (χ2n) is 6.57. The van der Waals surface area contributed by atoms with Crippen LogP contribution in [0.2, 0.25) is 0 Å². The van der Waals surface area contributed by atoms with Crippen molar-refractivity contribution in [2.24, 2.45) is 0 Å². The van der Waals surface area contributed by atoms with Gasteiger partial charge in [0.1, 0.15) is 6.54 Å². The van der Waals surface area contributed by atoms with Crippen molar-refractivity contribution in [2.75, 3.05) is 26.2 Å². The fourth-order valence-electron chi connectivity index (χ4n) is 3.65. The normalized spacial score (nSPS) is 15.9. The number of amides is 1. The topological polar surface area (TPSA) is 124 Å². The minimum atomic E-state index is -1.10. The van der Waals surface area contributed by atoms with Gasteiger partial charge in [0.2, 0.25) is 5.91 Å². The lowest BCUT2D eigenvalue weighted by molar-refractivity contribution is -0.957. The molecule has 0 aromatic heterocycles. The Kier molecular flexibility index (Phi) is 12.3. The van der Waals surface area contributed by atoms with Crippen LogP contribution in [0.15, 0.2) is 12.2 Å². The molecule has 27 heavy (non-hydrogen) atoms. The summed E-state index contributed by atoms with van der Waals surface area (Å²) in [6.07, 6.45) is 6.22. The number of carboxylic acid groups (broad SMARTS) is 2. The number of allylic oxidation sites excluding steroid dienone is 2. The molecule has 0 bridgehead atoms. The molecule has 0 aliphatic carbocycles. The molecule has 2 atom stereocenters. The van der Waals surface area contributed by atoms with Crippen LogP contribution in [0, 0.1) is 0 Å². The standard InChI is InChI=1S/C19H34N2O6/c1-4-7-8-9-10-17(23)20-11-12-21(13-14-22,15(5-2)18(24)25)16(6-3)19(26)27/h7-8,15-16,22H,4-6,9-14H2,1-3H3,(H2-,20,23,24,25,26,27)/p+1/b8-7+. The zero-order valence-corrected chi connectivity index (χ0v) is 16.7. The highest BCUT2D eigenvalue weighted by Gasteiger charge is 2.48. The van der Waals surface area contributed by atoms with Gasteiger partial charge in [0.05, 0.1) is 19.7 Å². The molecule has 0 heterocycles. The van der Waals surface area contributed by atoms with Gasteiger partial charge in [-0.2, -0.15) is 0 Å². The first-order chi connectivity index (χ1) is 12.8. The number of aliphatic hydroxyl groups is 1. The number of hydrogen-bond donors (Lipinski definition) is 4. The van der Waals surface area contributed by atoms with Gasteiger partial charge in [-0.3, -0.25) is 9.28 Å². The summed E-state index contributed by atoms with van der Waals surface area (Å²) < 4.78 is -0.288. The van der Waals surface area contributed by atoms with E-state index in [1.54, 1.807) is 13.8 Å². The van der Waals surface area contributed by atoms with Crippen LogP contribution in [0.3, 0.4) is 0 Å². The fraction of sp³-hybridized carbons (Fsp3) is 0.737. The van der Waals surface area contributed by atoms with E-state index in [2.05, 4.69) is 5.32 Å². The zero-order valence-electron chi connectivity index (χ0n) is 16.7. The van der Waals surface area contributed by atoms with Crippen molar-refractivity contribution in [1.82, 2.24) is 5.32 Å². The molecule has 8 heteroatoms. The molecule has 0 fully saturated rings. The minimum Gasteiger partial charge on any atom is -0.477 e. The van der Waals surface area contributed by atoms with Gasteiger partial charge in [-0.05, 0) is 12.8 Å². The van der Waals surface area contributed by atoms with Gasteiger partial charge in [0, 0.05) is 19.3 Å². The van der Waals surface area contributed by atoms with Crippen LogP contribution < -0.4 is 5.32 Å². The Hall–Kier alpha value is -1.93. The number of aliphatic carboxylic acids is 2. The van der Waals surface area contributed by atoms with Crippen LogP contribution >= 0.6 is 0 Å². The van der Waals surface area contributed by atoms with Gasteiger partial charge in [-0.25, -0.2) is 9.59 Å². The molecular formula is C19H35N2O6+. The number of carbonyl (C=O) groups excluding carboxylic acids is 1. The summed E-state index contributed by atoms with van der Waals surface area (Å²) in [6.45, 7) is 5.35. The molecule has 156 valence electrons. The van der Waals surface area contributed by atoms with Crippen molar-refractivity contribution in [3.63, 3.8) is 0 Å². The predicted molar refractivity (Wildman–Crippen MR) is 102 cm³/mol. The molecule has 8 nitrogen and oxygen atoms in total. The molecule has 1 amide bonds. The average molecular weight is 387 g/mol. The van der Waals surface area contributed by atoms with Crippen LogP contribution in [0.5, 0.6) is 0 Å². The molecule has 0 aliphatic heterocycles. The van der Waals surface area contributed by atoms with Crippen molar-refractivity contribution in [3.05, 3.63) is 12.2 Å². The summed E-state index contributed by atoms with van der Waals surface area (Å²) >= 11 is 0. The number of rotatable bonds is 15. The van der Waals surface area contributed by atoms with E-state index in [1.165, 1.54) is 0 Å². The lowest BCUT2D eigenvalue weighted by Gasteiger charge is -2.46. The molecule has 0 rings (SSSR count). The number of carbonyl (C=O) groups is 3. The highest BCUT2D eigenvalue weighted by molar-refractivity contribution is 5.76. The maximum Gasteiger partial charge on any atom is 0.362 e. The Morgan fingerprint density at radius 1 is 0.963 bits per heavy atom. The Morgan fingerprint density at radius 3 is 1.93 bits per heavy atom. The summed E-state index contributed by atoms with van der Waals surface area (Å²) in [5.74, 6) is -2.35. The third kappa shape index (κ3) is 7.68. The van der Waals surface area contributed by atoms with Gasteiger partial charge in [-0.15, -0.1) is 0 Å². The van der Waals surface area contributed by atoms with Gasteiger partial charge in [0.25, 0.3) is 0 Å². The van der Waals surface area contributed by atoms with Crippen molar-refractivity contribution in [3.8, 4) is 0 Å². The molecule has 0 saturated heterocycles. The summed E-state index contributed by atoms with van der Waals surface area (Å²) in [4.78, 5) is 35.6. The first-order valence-corrected chi connectivity index (χ1v) is 9.65. The Labute approximate surface area is 161 Å². The monoisotopic (exact) mass is 387 g/mol. The number of nitrogens with zero attached hydrogens (tertiary/aromatic N) is 1. The molecule has 2 unspecified atom stereocenters. The van der Waals surface area contributed by atoms with Crippen molar-refractivity contribution in [2.45, 2.75) is 65.0 Å². The SMILES string of the molecule is CC/C=C/CCC(=O)NCC[N+](CCO)(C(CC)C(=O)O)C(CC)C(=O)O. The van der Waals surface area contributed by atoms with Crippen molar-refractivity contribution >= 4 is 17.8 Å². The number of hydrogen-bond acceptors (Lipinski definition) is 4. The van der Waals surface area contributed by atoms with Crippen LogP contribution in [0.4, 0.5) is 0 Å². The second kappa shape index (κ2) is 13.3. The first-order valence-electron chi connectivity index (χ1n) is 9.65. The van der Waals surface area contributed by atoms with E-state index >= 15 is 0 Å². The van der Waals surface area contributed by atoms with Crippen LogP contribution in [0.25, 0.3) is 0 Å². The van der Waals surface area contributed by atoms with Crippen LogP contribution in [-0.4, -0.2) is 76.0 Å². The molecule has 0 aromatic carbocycles. The van der Waals surface area contributed by atoms with E-state index in [-0.39, 0.29) is 49.5 Å². The maximum absolute atomic E-state index is 12.0. The number of aliphatic hydroxyl groups excluding tert-OH is 1. The fourth-order valence-corrected chi connectivity index (χ4v) is 3.65. The summed E-state index contributed by atoms with van der Waals surface area (Å²) in [6, 6.07) is -1.94. The number of nitrogens with one attached hydrogen (secondary N) is 1. The zero-order chi connectivity index (χ0) is 20.9. The van der Waals surface area contributed by atoms with Gasteiger partial charge < -0.3 is 20.6 Å². The van der Waals surface area contributed by atoms with Crippen LogP contribution in [0.1, 0.15) is 52.9 Å². The van der Waals surface area contributed by atoms with E-state index in [0.29, 0.717) is 12.8 Å². The summed E-state index contributed by atoms with van der Waals surface area (Å²) in [5, 5.41) is 31.6. The Bertz CT molecular complexity index is 484. The highest BCUT2D eigenvalue weighted by atomic mass is 16.4. The third-order valence-electron chi connectivity index (χ3n) is 4.89. The van der Waals surface area contributed by atoms with E-state index in [9.17, 15) is 29.7 Å². The smallest absolute Gasteiger partial charge is 0.362 e. The second-order valence-corrected chi connectivity index (χ2v) is 6.57. The Balaban J connectivity index is 5.34. The van der Waals surface area contributed by atoms with Crippen LogP contribution in [-0.2, 0) is 14.4 Å². The Morgan fingerprint density at radius 2 is 1.52 bits per heavy atom. The maximum atomic E-state index is 12.0. The summed E-state index contributed by atoms with van der Waals surface area (Å²) in [5.41, 5.74) is 0. The van der Waals surface area contributed by atoms with E-state index in [1.807, 2.05) is 19.1 Å². The average Bonchev–Trinajstić information content (AvgIpc) is 2.59. The lowest BCUT2D eigenvalue weighted by Crippen LogP contribution is -2.68. The number of carboxylic acids is 2. The molecule has 0 aliphatic rings. The predicted octanol–water partition coefficient (Wildman–Crippen LogP) is 1.38. The van der Waals surface area contributed by atoms with E-state index in [4.69, 9.17) is 0 Å². The minimum absolute atomic E-state index is 0.00468. The molecule has 0 spiro atoms.